The molecule has 0 bridgehead atoms. The number of benzene rings is 1. The average Bonchev–Trinajstić information content (AvgIpc) is 3.00. The van der Waals surface area contributed by atoms with Crippen molar-refractivity contribution in [2.75, 3.05) is 13.7 Å². The second-order valence-electron chi connectivity index (χ2n) is 11.2. The Hall–Kier alpha value is -3.64. The molecule has 0 unspecified atom stereocenters. The number of carboxylic acid groups (broad SMARTS) is 1. The number of hydrogen-bond donors (Lipinski definition) is 3. The Balaban J connectivity index is 2.70. The molecule has 0 spiro atoms. The van der Waals surface area contributed by atoms with Crippen molar-refractivity contribution in [1.29, 1.82) is 0 Å². The van der Waals surface area contributed by atoms with Crippen LogP contribution in [0.5, 0.6) is 5.75 Å². The van der Waals surface area contributed by atoms with Gasteiger partial charge in [-0.1, -0.05) is 75.7 Å². The van der Waals surface area contributed by atoms with Gasteiger partial charge in [-0.05, 0) is 57.2 Å². The smallest absolute Gasteiger partial charge is 0.336 e. The number of aliphatic hydroxyl groups is 1. The van der Waals surface area contributed by atoms with E-state index in [1.54, 1.807) is 37.3 Å². The highest BCUT2D eigenvalue weighted by Crippen LogP contribution is 2.22. The van der Waals surface area contributed by atoms with Gasteiger partial charge in [0.05, 0.1) is 13.0 Å². The SMILES string of the molecule is CC#CCOc1ccc(C[C@H](NC(=O)[C@@H](/C=C/CCCCCCC(=O)CCCCCCC)[C@](C)(O)C(=O)O)C(=O)OC)cc1. The number of carbonyl (C=O) groups excluding carboxylic acids is 3. The summed E-state index contributed by atoms with van der Waals surface area (Å²) in [5, 5.41) is 22.9. The van der Waals surface area contributed by atoms with E-state index >= 15 is 0 Å². The van der Waals surface area contributed by atoms with Crippen LogP contribution in [0.3, 0.4) is 0 Å². The molecule has 1 rings (SSSR count). The van der Waals surface area contributed by atoms with E-state index in [2.05, 4.69) is 24.1 Å². The quantitative estimate of drug-likeness (QED) is 0.0630. The Labute approximate surface area is 262 Å². The number of aliphatic carboxylic acids is 1. The molecule has 244 valence electrons. The molecule has 1 aromatic rings. The van der Waals surface area contributed by atoms with Crippen molar-refractivity contribution in [1.82, 2.24) is 5.32 Å². The minimum atomic E-state index is -2.40. The van der Waals surface area contributed by atoms with Crippen molar-refractivity contribution < 1.29 is 38.9 Å². The first-order chi connectivity index (χ1) is 21.1. The van der Waals surface area contributed by atoms with Crippen LogP contribution in [0.15, 0.2) is 36.4 Å². The van der Waals surface area contributed by atoms with E-state index in [-0.39, 0.29) is 13.0 Å². The van der Waals surface area contributed by atoms with Gasteiger partial charge in [-0.25, -0.2) is 9.59 Å². The summed E-state index contributed by atoms with van der Waals surface area (Å²) < 4.78 is 10.4. The van der Waals surface area contributed by atoms with E-state index in [1.165, 1.54) is 32.4 Å². The molecule has 0 aromatic heterocycles. The highest BCUT2D eigenvalue weighted by Gasteiger charge is 2.43. The summed E-state index contributed by atoms with van der Waals surface area (Å²) in [6, 6.07) is 5.82. The van der Waals surface area contributed by atoms with Crippen molar-refractivity contribution in [2.45, 2.75) is 116 Å². The van der Waals surface area contributed by atoms with Crippen LogP contribution >= 0.6 is 0 Å². The first-order valence-electron chi connectivity index (χ1n) is 15.7. The molecule has 0 heterocycles. The van der Waals surface area contributed by atoms with E-state index in [0.717, 1.165) is 45.4 Å². The largest absolute Gasteiger partial charge is 0.481 e. The molecule has 0 aliphatic heterocycles. The molecule has 0 saturated carbocycles. The zero-order valence-electron chi connectivity index (χ0n) is 26.9. The predicted molar refractivity (Wildman–Crippen MR) is 170 cm³/mol. The Morgan fingerprint density at radius 3 is 2.16 bits per heavy atom. The van der Waals surface area contributed by atoms with Gasteiger partial charge in [0.1, 0.15) is 24.2 Å². The van der Waals surface area contributed by atoms with Crippen molar-refractivity contribution in [3.63, 3.8) is 0 Å². The van der Waals surface area contributed by atoms with Gasteiger partial charge in [0, 0.05) is 19.3 Å². The fraction of sp³-hybridized carbons (Fsp3) is 0.600. The molecule has 3 atom stereocenters. The van der Waals surface area contributed by atoms with Crippen LogP contribution in [0, 0.1) is 17.8 Å². The third-order valence-electron chi connectivity index (χ3n) is 7.44. The number of carboxylic acids is 1. The molecule has 9 nitrogen and oxygen atoms in total. The normalized spacial score (nSPS) is 13.7. The van der Waals surface area contributed by atoms with Crippen LogP contribution in [0.1, 0.15) is 103 Å². The molecule has 0 aliphatic carbocycles. The van der Waals surface area contributed by atoms with E-state index in [1.807, 2.05) is 0 Å². The van der Waals surface area contributed by atoms with Gasteiger partial charge in [-0.15, -0.1) is 5.92 Å². The summed E-state index contributed by atoms with van der Waals surface area (Å²) in [4.78, 5) is 49.6. The zero-order valence-corrected chi connectivity index (χ0v) is 26.9. The fourth-order valence-electron chi connectivity index (χ4n) is 4.63. The summed E-state index contributed by atoms with van der Waals surface area (Å²) in [6.07, 6.45) is 14.1. The molecular formula is C35H51NO8. The lowest BCUT2D eigenvalue weighted by Crippen LogP contribution is -2.53. The highest BCUT2D eigenvalue weighted by atomic mass is 16.5. The van der Waals surface area contributed by atoms with Crippen LogP contribution in [0.2, 0.25) is 0 Å². The Morgan fingerprint density at radius 1 is 0.977 bits per heavy atom. The van der Waals surface area contributed by atoms with Crippen molar-refractivity contribution in [3.8, 4) is 17.6 Å². The van der Waals surface area contributed by atoms with Crippen LogP contribution in [-0.4, -0.2) is 59.2 Å². The number of ether oxygens (including phenoxy) is 2. The van der Waals surface area contributed by atoms with Crippen LogP contribution in [0.25, 0.3) is 0 Å². The number of hydrogen-bond acceptors (Lipinski definition) is 7. The number of rotatable bonds is 23. The summed E-state index contributed by atoms with van der Waals surface area (Å²) in [5.74, 6) is 1.94. The number of carbonyl (C=O) groups is 4. The van der Waals surface area contributed by atoms with Gasteiger partial charge < -0.3 is 25.0 Å². The minimum Gasteiger partial charge on any atom is -0.481 e. The Bertz CT molecular complexity index is 1110. The molecule has 0 saturated heterocycles. The van der Waals surface area contributed by atoms with Gasteiger partial charge >= 0.3 is 11.9 Å². The fourth-order valence-corrected chi connectivity index (χ4v) is 4.63. The molecule has 1 amide bonds. The second-order valence-corrected chi connectivity index (χ2v) is 11.2. The molecule has 0 radical (unpaired) electrons. The maximum Gasteiger partial charge on any atom is 0.336 e. The first kappa shape index (κ1) is 38.4. The van der Waals surface area contributed by atoms with Gasteiger partial charge in [-0.2, -0.15) is 0 Å². The van der Waals surface area contributed by atoms with Gasteiger partial charge in [0.2, 0.25) is 5.91 Å². The second kappa shape index (κ2) is 22.0. The van der Waals surface area contributed by atoms with E-state index in [9.17, 15) is 29.4 Å². The lowest BCUT2D eigenvalue weighted by molar-refractivity contribution is -0.164. The van der Waals surface area contributed by atoms with E-state index < -0.39 is 35.4 Å². The molecule has 3 N–H and O–H groups in total. The number of unbranched alkanes of at least 4 members (excludes halogenated alkanes) is 8. The minimum absolute atomic E-state index is 0.0838. The number of allylic oxidation sites excluding steroid dienone is 1. The summed E-state index contributed by atoms with van der Waals surface area (Å²) in [5.41, 5.74) is -1.70. The maximum atomic E-state index is 13.3. The highest BCUT2D eigenvalue weighted by molar-refractivity contribution is 5.92. The zero-order chi connectivity index (χ0) is 32.8. The van der Waals surface area contributed by atoms with Crippen LogP contribution in [-0.2, 0) is 30.3 Å². The molecule has 44 heavy (non-hydrogen) atoms. The number of esters is 1. The third kappa shape index (κ3) is 15.2. The monoisotopic (exact) mass is 613 g/mol. The average molecular weight is 614 g/mol. The van der Waals surface area contributed by atoms with Crippen molar-refractivity contribution in [3.05, 3.63) is 42.0 Å². The predicted octanol–water partition coefficient (Wildman–Crippen LogP) is 5.57. The number of ketones is 1. The number of nitrogens with one attached hydrogen (secondary N) is 1. The van der Waals surface area contributed by atoms with E-state index in [0.29, 0.717) is 36.4 Å². The molecule has 9 heteroatoms. The molecule has 0 aliphatic rings. The van der Waals surface area contributed by atoms with Gasteiger partial charge in [0.15, 0.2) is 5.60 Å². The number of Topliss-reactive ketones (excluding diaryl/α,β-unsaturated/α-hetero) is 1. The lowest BCUT2D eigenvalue weighted by Gasteiger charge is -2.27. The Morgan fingerprint density at radius 2 is 1.59 bits per heavy atom. The number of amides is 1. The molecular weight excluding hydrogens is 562 g/mol. The summed E-state index contributed by atoms with van der Waals surface area (Å²) in [6.45, 7) is 5.19. The lowest BCUT2D eigenvalue weighted by atomic mass is 9.87. The molecule has 0 fully saturated rings. The summed E-state index contributed by atoms with van der Waals surface area (Å²) >= 11 is 0. The Kier molecular flexibility index (Phi) is 19.2. The van der Waals surface area contributed by atoms with Gasteiger partial charge in [-0.3, -0.25) is 9.59 Å². The number of methoxy groups -OCH3 is 1. The van der Waals surface area contributed by atoms with Gasteiger partial charge in [0.25, 0.3) is 0 Å². The van der Waals surface area contributed by atoms with Crippen LogP contribution in [0.4, 0.5) is 0 Å². The first-order valence-corrected chi connectivity index (χ1v) is 15.7. The summed E-state index contributed by atoms with van der Waals surface area (Å²) in [7, 11) is 1.20. The molecule has 1 aromatic carbocycles. The third-order valence-corrected chi connectivity index (χ3v) is 7.44. The van der Waals surface area contributed by atoms with Crippen molar-refractivity contribution in [2.24, 2.45) is 5.92 Å². The van der Waals surface area contributed by atoms with Crippen molar-refractivity contribution >= 4 is 23.6 Å². The maximum absolute atomic E-state index is 13.3. The van der Waals surface area contributed by atoms with Crippen LogP contribution < -0.4 is 10.1 Å². The topological polar surface area (TPSA) is 139 Å². The standard InChI is InChI=1S/C35H51NO8/c1-5-7-9-12-15-18-28(37)19-16-13-10-11-14-17-20-30(35(3,42)34(40)41)32(38)36-31(33(39)43-4)26-27-21-23-29(24-22-27)44-25-8-6-2/h17,20-24,30-31,42H,5,7,9-16,18-19,25-26H2,1-4H3,(H,36,38)(H,40,41)/b20-17+/t30-,31+,35+/m1/s1. The van der Waals surface area contributed by atoms with E-state index in [4.69, 9.17) is 9.47 Å².